The topological polar surface area (TPSA) is 38.3 Å². The summed E-state index contributed by atoms with van der Waals surface area (Å²) in [5.41, 5.74) is 1.37. The molecule has 0 saturated carbocycles. The van der Waals surface area contributed by atoms with E-state index in [1.165, 1.54) is 16.9 Å². The molecule has 0 saturated heterocycles. The van der Waals surface area contributed by atoms with Crippen LogP contribution in [0.15, 0.2) is 36.4 Å². The van der Waals surface area contributed by atoms with Crippen molar-refractivity contribution in [3.05, 3.63) is 51.7 Å². The summed E-state index contributed by atoms with van der Waals surface area (Å²) < 4.78 is 4.77. The Hall–Kier alpha value is -1.81. The normalized spacial score (nSPS) is 10.2. The minimum absolute atomic E-state index is 0.316. The molecule has 1 N–H and O–H groups in total. The number of benzene rings is 1. The van der Waals surface area contributed by atoms with Crippen LogP contribution in [0.5, 0.6) is 0 Å². The van der Waals surface area contributed by atoms with Crippen molar-refractivity contribution in [2.75, 3.05) is 12.4 Å². The fraction of sp³-hybridized carbons (Fsp3) is 0.267. The lowest BCUT2D eigenvalue weighted by Gasteiger charge is -2.09. The molecule has 0 atom stereocenters. The summed E-state index contributed by atoms with van der Waals surface area (Å²) in [4.78, 5) is 14.3. The molecule has 1 heterocycles. The zero-order chi connectivity index (χ0) is 13.7. The lowest BCUT2D eigenvalue weighted by molar-refractivity contribution is 0.0602. The van der Waals surface area contributed by atoms with E-state index in [1.54, 1.807) is 17.4 Å². The summed E-state index contributed by atoms with van der Waals surface area (Å²) in [6.45, 7) is 2.87. The molecule has 3 nitrogen and oxygen atoms in total. The Balaban J connectivity index is 2.08. The molecule has 0 amide bonds. The molecule has 0 spiro atoms. The van der Waals surface area contributed by atoms with E-state index >= 15 is 0 Å². The van der Waals surface area contributed by atoms with Gasteiger partial charge in [-0.3, -0.25) is 0 Å². The third-order valence-corrected chi connectivity index (χ3v) is 4.08. The van der Waals surface area contributed by atoms with Crippen LogP contribution in [-0.4, -0.2) is 13.1 Å². The number of carbonyl (C=O) groups excluding carboxylic acids is 1. The molecule has 2 rings (SSSR count). The van der Waals surface area contributed by atoms with Gasteiger partial charge in [-0.2, -0.15) is 0 Å². The Morgan fingerprint density at radius 3 is 2.63 bits per heavy atom. The number of esters is 1. The van der Waals surface area contributed by atoms with Gasteiger partial charge in [-0.15, -0.1) is 11.3 Å². The van der Waals surface area contributed by atoms with E-state index in [-0.39, 0.29) is 5.97 Å². The first-order valence-corrected chi connectivity index (χ1v) is 7.05. The summed E-state index contributed by atoms with van der Waals surface area (Å²) in [5.74, 6) is -0.316. The van der Waals surface area contributed by atoms with Crippen LogP contribution in [0.1, 0.15) is 27.0 Å². The quantitative estimate of drug-likeness (QED) is 0.845. The number of methoxy groups -OCH3 is 1. The highest BCUT2D eigenvalue weighted by Gasteiger charge is 2.10. The Labute approximate surface area is 117 Å². The SMILES string of the molecule is CCc1ccc(CNc2ccccc2C(=O)OC)s1. The zero-order valence-corrected chi connectivity index (χ0v) is 11.9. The van der Waals surface area contributed by atoms with E-state index in [9.17, 15) is 4.79 Å². The van der Waals surface area contributed by atoms with Crippen LogP contribution in [0.2, 0.25) is 0 Å². The third kappa shape index (κ3) is 3.35. The highest BCUT2D eigenvalue weighted by molar-refractivity contribution is 7.12. The molecule has 2 aromatic rings. The number of carbonyl (C=O) groups is 1. The Morgan fingerprint density at radius 2 is 1.95 bits per heavy atom. The molecule has 4 heteroatoms. The first kappa shape index (κ1) is 13.6. The highest BCUT2D eigenvalue weighted by Crippen LogP contribution is 2.21. The molecule has 0 aliphatic carbocycles. The molecule has 0 radical (unpaired) electrons. The fourth-order valence-corrected chi connectivity index (χ4v) is 2.71. The molecule has 0 aliphatic rings. The van der Waals surface area contributed by atoms with Gasteiger partial charge in [0.05, 0.1) is 12.7 Å². The van der Waals surface area contributed by atoms with E-state index in [0.29, 0.717) is 5.56 Å². The number of ether oxygens (including phenoxy) is 1. The molecule has 1 aromatic heterocycles. The number of anilines is 1. The maximum atomic E-state index is 11.6. The number of hydrogen-bond acceptors (Lipinski definition) is 4. The number of thiophene rings is 1. The van der Waals surface area contributed by atoms with Crippen molar-refractivity contribution in [3.8, 4) is 0 Å². The largest absolute Gasteiger partial charge is 0.465 e. The van der Waals surface area contributed by atoms with Crippen molar-refractivity contribution >= 4 is 23.0 Å². The van der Waals surface area contributed by atoms with Crippen LogP contribution in [0.4, 0.5) is 5.69 Å². The summed E-state index contributed by atoms with van der Waals surface area (Å²) >= 11 is 1.79. The van der Waals surface area contributed by atoms with Crippen LogP contribution in [0.3, 0.4) is 0 Å². The predicted molar refractivity (Wildman–Crippen MR) is 78.8 cm³/mol. The molecular formula is C15H17NO2S. The van der Waals surface area contributed by atoms with Gasteiger partial charge in [-0.1, -0.05) is 19.1 Å². The minimum atomic E-state index is -0.316. The highest BCUT2D eigenvalue weighted by atomic mass is 32.1. The van der Waals surface area contributed by atoms with E-state index < -0.39 is 0 Å². The molecule has 100 valence electrons. The number of hydrogen-bond donors (Lipinski definition) is 1. The van der Waals surface area contributed by atoms with Crippen molar-refractivity contribution in [2.24, 2.45) is 0 Å². The third-order valence-electron chi connectivity index (χ3n) is 2.85. The monoisotopic (exact) mass is 275 g/mol. The first-order chi connectivity index (χ1) is 9.24. The van der Waals surface area contributed by atoms with Crippen LogP contribution in [-0.2, 0) is 17.7 Å². The summed E-state index contributed by atoms with van der Waals surface area (Å²) in [6, 6.07) is 11.7. The first-order valence-electron chi connectivity index (χ1n) is 6.23. The van der Waals surface area contributed by atoms with Crippen molar-refractivity contribution in [1.29, 1.82) is 0 Å². The minimum Gasteiger partial charge on any atom is -0.465 e. The van der Waals surface area contributed by atoms with Gasteiger partial charge >= 0.3 is 5.97 Å². The average Bonchev–Trinajstić information content (AvgIpc) is 2.92. The second kappa shape index (κ2) is 6.38. The van der Waals surface area contributed by atoms with E-state index in [1.807, 2.05) is 18.2 Å². The fourth-order valence-electron chi connectivity index (χ4n) is 1.81. The van der Waals surface area contributed by atoms with Gasteiger partial charge in [-0.25, -0.2) is 4.79 Å². The smallest absolute Gasteiger partial charge is 0.339 e. The zero-order valence-electron chi connectivity index (χ0n) is 11.1. The summed E-state index contributed by atoms with van der Waals surface area (Å²) in [6.07, 6.45) is 1.06. The van der Waals surface area contributed by atoms with Crippen molar-refractivity contribution in [2.45, 2.75) is 19.9 Å². The molecule has 0 unspecified atom stereocenters. The van der Waals surface area contributed by atoms with Gasteiger partial charge in [0.2, 0.25) is 0 Å². The lowest BCUT2D eigenvalue weighted by atomic mass is 10.2. The Bertz CT molecular complexity index is 563. The maximum absolute atomic E-state index is 11.6. The molecule has 0 bridgehead atoms. The van der Waals surface area contributed by atoms with Crippen LogP contribution >= 0.6 is 11.3 Å². The standard InChI is InChI=1S/C15H17NO2S/c1-3-11-8-9-12(19-11)10-16-14-7-5-4-6-13(14)15(17)18-2/h4-9,16H,3,10H2,1-2H3. The van der Waals surface area contributed by atoms with Crippen molar-refractivity contribution in [1.82, 2.24) is 0 Å². The molecule has 0 aliphatic heterocycles. The van der Waals surface area contributed by atoms with Gasteiger partial charge in [0.15, 0.2) is 0 Å². The predicted octanol–water partition coefficient (Wildman–Crippen LogP) is 3.71. The summed E-state index contributed by atoms with van der Waals surface area (Å²) in [5, 5.41) is 3.29. The second-order valence-corrected chi connectivity index (χ2v) is 5.37. The van der Waals surface area contributed by atoms with Crippen LogP contribution in [0, 0.1) is 0 Å². The number of nitrogens with one attached hydrogen (secondary N) is 1. The van der Waals surface area contributed by atoms with E-state index in [0.717, 1.165) is 18.7 Å². The summed E-state index contributed by atoms with van der Waals surface area (Å²) in [7, 11) is 1.39. The van der Waals surface area contributed by atoms with Crippen molar-refractivity contribution < 1.29 is 9.53 Å². The van der Waals surface area contributed by atoms with Crippen LogP contribution < -0.4 is 5.32 Å². The Morgan fingerprint density at radius 1 is 1.21 bits per heavy atom. The molecular weight excluding hydrogens is 258 g/mol. The second-order valence-electron chi connectivity index (χ2n) is 4.11. The molecule has 1 aromatic carbocycles. The van der Waals surface area contributed by atoms with Gasteiger partial charge in [0.1, 0.15) is 0 Å². The van der Waals surface area contributed by atoms with Gasteiger partial charge < -0.3 is 10.1 Å². The van der Waals surface area contributed by atoms with E-state index in [4.69, 9.17) is 4.74 Å². The van der Waals surface area contributed by atoms with Crippen LogP contribution in [0.25, 0.3) is 0 Å². The maximum Gasteiger partial charge on any atom is 0.339 e. The molecule has 19 heavy (non-hydrogen) atoms. The van der Waals surface area contributed by atoms with Gasteiger partial charge in [0.25, 0.3) is 0 Å². The number of aryl methyl sites for hydroxylation is 1. The average molecular weight is 275 g/mol. The van der Waals surface area contributed by atoms with Gasteiger partial charge in [0, 0.05) is 22.0 Å². The molecule has 0 fully saturated rings. The van der Waals surface area contributed by atoms with Crippen molar-refractivity contribution in [3.63, 3.8) is 0 Å². The Kier molecular flexibility index (Phi) is 4.58. The van der Waals surface area contributed by atoms with Gasteiger partial charge in [-0.05, 0) is 30.7 Å². The number of rotatable bonds is 5. The lowest BCUT2D eigenvalue weighted by Crippen LogP contribution is -2.07. The number of para-hydroxylation sites is 1. The van der Waals surface area contributed by atoms with E-state index in [2.05, 4.69) is 24.4 Å².